The van der Waals surface area contributed by atoms with E-state index in [1.54, 1.807) is 0 Å². The predicted octanol–water partition coefficient (Wildman–Crippen LogP) is 3.09. The minimum atomic E-state index is -0.174. The van der Waals surface area contributed by atoms with Crippen LogP contribution < -0.4 is 11.0 Å². The number of fused-ring (bicyclic) bond motifs is 1. The molecule has 20 heavy (non-hydrogen) atoms. The molecule has 3 aromatic rings. The van der Waals surface area contributed by atoms with E-state index < -0.39 is 0 Å². The Bertz CT molecular complexity index is 794. The van der Waals surface area contributed by atoms with Gasteiger partial charge < -0.3 is 15.3 Å². The molecule has 4 nitrogen and oxygen atoms in total. The molecule has 1 heterocycles. The van der Waals surface area contributed by atoms with Gasteiger partial charge in [-0.2, -0.15) is 0 Å². The smallest absolute Gasteiger partial charge is 0.323 e. The third-order valence-electron chi connectivity index (χ3n) is 3.63. The van der Waals surface area contributed by atoms with E-state index in [0.717, 1.165) is 23.3 Å². The zero-order valence-electron chi connectivity index (χ0n) is 11.6. The highest BCUT2D eigenvalue weighted by molar-refractivity contribution is 5.78. The molecule has 0 unspecified atom stereocenters. The molecule has 3 rings (SSSR count). The number of imidazole rings is 1. The summed E-state index contributed by atoms with van der Waals surface area (Å²) in [5.41, 5.74) is 6.36. The van der Waals surface area contributed by atoms with Crippen LogP contribution in [0.4, 0.5) is 5.69 Å². The van der Waals surface area contributed by atoms with Crippen molar-refractivity contribution in [1.82, 2.24) is 9.97 Å². The number of aryl methyl sites for hydroxylation is 2. The first kappa shape index (κ1) is 12.5. The number of rotatable bonds is 3. The molecule has 0 saturated heterocycles. The van der Waals surface area contributed by atoms with Gasteiger partial charge in [0.25, 0.3) is 0 Å². The van der Waals surface area contributed by atoms with Crippen molar-refractivity contribution in [3.63, 3.8) is 0 Å². The summed E-state index contributed by atoms with van der Waals surface area (Å²) in [6.07, 6.45) is 0. The van der Waals surface area contributed by atoms with Crippen LogP contribution in [0.2, 0.25) is 0 Å². The Hall–Kier alpha value is -2.49. The van der Waals surface area contributed by atoms with Gasteiger partial charge >= 0.3 is 5.69 Å². The van der Waals surface area contributed by atoms with Crippen LogP contribution >= 0.6 is 0 Å². The molecule has 0 amide bonds. The van der Waals surface area contributed by atoms with E-state index in [4.69, 9.17) is 0 Å². The molecule has 3 N–H and O–H groups in total. The number of hydrogen-bond acceptors (Lipinski definition) is 2. The molecule has 0 fully saturated rings. The number of aromatic nitrogens is 2. The molecule has 0 saturated carbocycles. The van der Waals surface area contributed by atoms with E-state index in [-0.39, 0.29) is 5.69 Å². The summed E-state index contributed by atoms with van der Waals surface area (Å²) in [5.74, 6) is 0. The SMILES string of the molecule is Cc1cccc(C)c1CNc1ccc2[nH]c(=O)[nH]c2c1. The first-order valence-electron chi connectivity index (χ1n) is 6.64. The zero-order chi connectivity index (χ0) is 14.1. The Morgan fingerprint density at radius 2 is 1.70 bits per heavy atom. The molecule has 0 atom stereocenters. The molecule has 2 aromatic carbocycles. The quantitative estimate of drug-likeness (QED) is 0.683. The second kappa shape index (κ2) is 4.89. The highest BCUT2D eigenvalue weighted by atomic mass is 16.1. The lowest BCUT2D eigenvalue weighted by Crippen LogP contribution is -2.03. The molecule has 0 bridgehead atoms. The second-order valence-corrected chi connectivity index (χ2v) is 5.06. The maximum Gasteiger partial charge on any atom is 0.323 e. The van der Waals surface area contributed by atoms with Crippen LogP contribution in [0.25, 0.3) is 11.0 Å². The zero-order valence-corrected chi connectivity index (χ0v) is 11.6. The van der Waals surface area contributed by atoms with Crippen LogP contribution in [-0.2, 0) is 6.54 Å². The van der Waals surface area contributed by atoms with Gasteiger partial charge in [0.15, 0.2) is 0 Å². The third-order valence-corrected chi connectivity index (χ3v) is 3.63. The molecule has 0 spiro atoms. The fourth-order valence-corrected chi connectivity index (χ4v) is 2.46. The lowest BCUT2D eigenvalue weighted by Gasteiger charge is -2.12. The average molecular weight is 267 g/mol. The summed E-state index contributed by atoms with van der Waals surface area (Å²) in [7, 11) is 0. The molecular formula is C16H17N3O. The maximum atomic E-state index is 11.2. The van der Waals surface area contributed by atoms with Gasteiger partial charge in [0.2, 0.25) is 0 Å². The van der Waals surface area contributed by atoms with E-state index in [2.05, 4.69) is 47.3 Å². The highest BCUT2D eigenvalue weighted by Crippen LogP contribution is 2.18. The van der Waals surface area contributed by atoms with Crippen LogP contribution in [0.1, 0.15) is 16.7 Å². The van der Waals surface area contributed by atoms with Crippen molar-refractivity contribution >= 4 is 16.7 Å². The number of hydrogen-bond donors (Lipinski definition) is 3. The molecule has 1 aromatic heterocycles. The highest BCUT2D eigenvalue weighted by Gasteiger charge is 2.03. The van der Waals surface area contributed by atoms with Crippen molar-refractivity contribution in [2.45, 2.75) is 20.4 Å². The predicted molar refractivity (Wildman–Crippen MR) is 82.2 cm³/mol. The Morgan fingerprint density at radius 1 is 1.00 bits per heavy atom. The molecular weight excluding hydrogens is 250 g/mol. The first-order chi connectivity index (χ1) is 9.63. The Morgan fingerprint density at radius 3 is 2.45 bits per heavy atom. The lowest BCUT2D eigenvalue weighted by molar-refractivity contribution is 1.09. The van der Waals surface area contributed by atoms with Gasteiger partial charge in [0, 0.05) is 12.2 Å². The van der Waals surface area contributed by atoms with Gasteiger partial charge in [-0.05, 0) is 48.7 Å². The third kappa shape index (κ3) is 2.32. The fraction of sp³-hybridized carbons (Fsp3) is 0.188. The molecule has 0 radical (unpaired) electrons. The summed E-state index contributed by atoms with van der Waals surface area (Å²) in [6.45, 7) is 5.02. The molecule has 4 heteroatoms. The van der Waals surface area contributed by atoms with Crippen molar-refractivity contribution in [2.75, 3.05) is 5.32 Å². The lowest BCUT2D eigenvalue weighted by atomic mass is 10.0. The Balaban J connectivity index is 1.84. The van der Waals surface area contributed by atoms with Crippen molar-refractivity contribution in [3.8, 4) is 0 Å². The monoisotopic (exact) mass is 267 g/mol. The second-order valence-electron chi connectivity index (χ2n) is 5.06. The first-order valence-corrected chi connectivity index (χ1v) is 6.64. The van der Waals surface area contributed by atoms with E-state index >= 15 is 0 Å². The minimum absolute atomic E-state index is 0.174. The summed E-state index contributed by atoms with van der Waals surface area (Å²) < 4.78 is 0. The van der Waals surface area contributed by atoms with Crippen LogP contribution in [-0.4, -0.2) is 9.97 Å². The fourth-order valence-electron chi connectivity index (χ4n) is 2.46. The van der Waals surface area contributed by atoms with Gasteiger partial charge in [0.1, 0.15) is 0 Å². The van der Waals surface area contributed by atoms with Gasteiger partial charge in [-0.1, -0.05) is 18.2 Å². The molecule has 0 aliphatic carbocycles. The summed E-state index contributed by atoms with van der Waals surface area (Å²) in [6, 6.07) is 12.1. The average Bonchev–Trinajstić information content (AvgIpc) is 2.77. The topological polar surface area (TPSA) is 60.7 Å². The van der Waals surface area contributed by atoms with Gasteiger partial charge in [-0.3, -0.25) is 0 Å². The number of aromatic amines is 2. The largest absolute Gasteiger partial charge is 0.381 e. The molecule has 102 valence electrons. The summed E-state index contributed by atoms with van der Waals surface area (Å²) >= 11 is 0. The van der Waals surface area contributed by atoms with Crippen LogP contribution in [0.3, 0.4) is 0 Å². The maximum absolute atomic E-state index is 11.2. The number of nitrogens with one attached hydrogen (secondary N) is 3. The standard InChI is InChI=1S/C16H17N3O/c1-10-4-3-5-11(2)13(10)9-17-12-6-7-14-15(8-12)19-16(20)18-14/h3-8,17H,9H2,1-2H3,(H2,18,19,20). The number of anilines is 1. The van der Waals surface area contributed by atoms with Crippen molar-refractivity contribution in [1.29, 1.82) is 0 Å². The van der Waals surface area contributed by atoms with Crippen LogP contribution in [0.5, 0.6) is 0 Å². The Labute approximate surface area is 116 Å². The Kier molecular flexibility index (Phi) is 3.06. The normalized spacial score (nSPS) is 10.9. The van der Waals surface area contributed by atoms with Crippen LogP contribution in [0.15, 0.2) is 41.2 Å². The van der Waals surface area contributed by atoms with E-state index in [0.29, 0.717) is 0 Å². The summed E-state index contributed by atoms with van der Waals surface area (Å²) in [4.78, 5) is 16.7. The van der Waals surface area contributed by atoms with Gasteiger partial charge in [0.05, 0.1) is 11.0 Å². The molecule has 0 aliphatic rings. The number of benzene rings is 2. The van der Waals surface area contributed by atoms with Crippen molar-refractivity contribution in [3.05, 3.63) is 63.6 Å². The number of H-pyrrole nitrogens is 2. The van der Waals surface area contributed by atoms with Crippen LogP contribution in [0, 0.1) is 13.8 Å². The summed E-state index contributed by atoms with van der Waals surface area (Å²) in [5, 5.41) is 3.41. The van der Waals surface area contributed by atoms with Crippen molar-refractivity contribution < 1.29 is 0 Å². The van der Waals surface area contributed by atoms with E-state index in [1.165, 1.54) is 16.7 Å². The van der Waals surface area contributed by atoms with E-state index in [9.17, 15) is 4.79 Å². The van der Waals surface area contributed by atoms with Gasteiger partial charge in [-0.25, -0.2) is 4.79 Å². The van der Waals surface area contributed by atoms with Gasteiger partial charge in [-0.15, -0.1) is 0 Å². The van der Waals surface area contributed by atoms with E-state index in [1.807, 2.05) is 18.2 Å². The molecule has 0 aliphatic heterocycles. The minimum Gasteiger partial charge on any atom is -0.381 e. The van der Waals surface area contributed by atoms with Crippen molar-refractivity contribution in [2.24, 2.45) is 0 Å².